The number of hydrogen-bond acceptors (Lipinski definition) is 4. The fourth-order valence-corrected chi connectivity index (χ4v) is 1.49. The van der Waals surface area contributed by atoms with Crippen LogP contribution in [0.3, 0.4) is 0 Å². The molecule has 1 heterocycles. The summed E-state index contributed by atoms with van der Waals surface area (Å²) in [5.74, 6) is 0.658. The van der Waals surface area contributed by atoms with E-state index in [0.29, 0.717) is 12.5 Å². The molecule has 0 saturated carbocycles. The van der Waals surface area contributed by atoms with Crippen molar-refractivity contribution in [3.8, 4) is 5.88 Å². The molecule has 1 atom stereocenters. The van der Waals surface area contributed by atoms with E-state index in [0.717, 1.165) is 25.2 Å². The second kappa shape index (κ2) is 8.03. The van der Waals surface area contributed by atoms with E-state index in [-0.39, 0.29) is 6.10 Å². The van der Waals surface area contributed by atoms with Gasteiger partial charge in [0.25, 0.3) is 0 Å². The van der Waals surface area contributed by atoms with Crippen molar-refractivity contribution in [1.29, 1.82) is 0 Å². The second-order valence-electron chi connectivity index (χ2n) is 4.03. The van der Waals surface area contributed by atoms with Gasteiger partial charge < -0.3 is 14.8 Å². The molecule has 4 heteroatoms. The number of nitrogens with one attached hydrogen (secondary N) is 1. The first-order valence-corrected chi connectivity index (χ1v) is 6.08. The summed E-state index contributed by atoms with van der Waals surface area (Å²) >= 11 is 0. The van der Waals surface area contributed by atoms with E-state index < -0.39 is 0 Å². The number of nitrogens with zero attached hydrogens (tertiary/aromatic N) is 1. The van der Waals surface area contributed by atoms with E-state index >= 15 is 0 Å². The van der Waals surface area contributed by atoms with Crippen LogP contribution in [0.25, 0.3) is 0 Å². The van der Waals surface area contributed by atoms with Crippen molar-refractivity contribution in [2.24, 2.45) is 0 Å². The number of hydrogen-bond donors (Lipinski definition) is 1. The number of rotatable bonds is 8. The van der Waals surface area contributed by atoms with E-state index in [1.165, 1.54) is 0 Å². The SMILES string of the molecule is CCCNCc1cccc(OC(C)COC)n1. The van der Waals surface area contributed by atoms with Crippen LogP contribution in [0.1, 0.15) is 26.0 Å². The molecule has 0 aliphatic rings. The molecule has 0 spiro atoms. The van der Waals surface area contributed by atoms with Gasteiger partial charge >= 0.3 is 0 Å². The third-order valence-corrected chi connectivity index (χ3v) is 2.24. The summed E-state index contributed by atoms with van der Waals surface area (Å²) in [5, 5.41) is 3.31. The Hall–Kier alpha value is -1.13. The van der Waals surface area contributed by atoms with Crippen molar-refractivity contribution in [3.63, 3.8) is 0 Å². The summed E-state index contributed by atoms with van der Waals surface area (Å²) < 4.78 is 10.7. The monoisotopic (exact) mass is 238 g/mol. The van der Waals surface area contributed by atoms with Crippen LogP contribution in [0.5, 0.6) is 5.88 Å². The standard InChI is InChI=1S/C13H22N2O2/c1-4-8-14-9-12-6-5-7-13(15-12)17-11(2)10-16-3/h5-7,11,14H,4,8-10H2,1-3H3. The Kier molecular flexibility index (Phi) is 6.58. The second-order valence-corrected chi connectivity index (χ2v) is 4.03. The van der Waals surface area contributed by atoms with Gasteiger partial charge in [-0.05, 0) is 26.0 Å². The zero-order valence-electron chi connectivity index (χ0n) is 10.9. The molecule has 0 bridgehead atoms. The number of aromatic nitrogens is 1. The predicted molar refractivity (Wildman–Crippen MR) is 68.2 cm³/mol. The Morgan fingerprint density at radius 1 is 1.41 bits per heavy atom. The Bertz CT molecular complexity index is 318. The van der Waals surface area contributed by atoms with Gasteiger partial charge in [-0.1, -0.05) is 13.0 Å². The van der Waals surface area contributed by atoms with Crippen LogP contribution in [0.15, 0.2) is 18.2 Å². The van der Waals surface area contributed by atoms with Crippen molar-refractivity contribution in [3.05, 3.63) is 23.9 Å². The van der Waals surface area contributed by atoms with Crippen LogP contribution in [-0.2, 0) is 11.3 Å². The molecule has 1 aromatic rings. The molecule has 96 valence electrons. The molecule has 0 amide bonds. The van der Waals surface area contributed by atoms with E-state index in [2.05, 4.69) is 17.2 Å². The first-order valence-electron chi connectivity index (χ1n) is 6.08. The summed E-state index contributed by atoms with van der Waals surface area (Å²) in [6.07, 6.45) is 1.15. The van der Waals surface area contributed by atoms with E-state index in [9.17, 15) is 0 Å². The third kappa shape index (κ3) is 5.65. The summed E-state index contributed by atoms with van der Waals surface area (Å²) in [6, 6.07) is 5.83. The highest BCUT2D eigenvalue weighted by molar-refractivity contribution is 5.16. The molecule has 1 N–H and O–H groups in total. The molecule has 0 radical (unpaired) electrons. The number of ether oxygens (including phenoxy) is 2. The minimum Gasteiger partial charge on any atom is -0.472 e. The minimum atomic E-state index is 0.0198. The smallest absolute Gasteiger partial charge is 0.213 e. The highest BCUT2D eigenvalue weighted by Gasteiger charge is 2.04. The average molecular weight is 238 g/mol. The Balaban J connectivity index is 2.47. The Labute approximate surface area is 103 Å². The molecule has 1 aromatic heterocycles. The van der Waals surface area contributed by atoms with Gasteiger partial charge in [0.2, 0.25) is 5.88 Å². The lowest BCUT2D eigenvalue weighted by atomic mass is 10.3. The van der Waals surface area contributed by atoms with E-state index in [1.807, 2.05) is 25.1 Å². The van der Waals surface area contributed by atoms with E-state index in [1.54, 1.807) is 7.11 Å². The molecule has 0 saturated heterocycles. The molecule has 0 aliphatic carbocycles. The summed E-state index contributed by atoms with van der Waals surface area (Å²) in [7, 11) is 1.67. The lowest BCUT2D eigenvalue weighted by molar-refractivity contribution is 0.0888. The van der Waals surface area contributed by atoms with Gasteiger partial charge in [-0.15, -0.1) is 0 Å². The molecule has 0 aromatic carbocycles. The van der Waals surface area contributed by atoms with Crippen molar-refractivity contribution >= 4 is 0 Å². The molecule has 4 nitrogen and oxygen atoms in total. The van der Waals surface area contributed by atoms with Gasteiger partial charge in [0, 0.05) is 19.7 Å². The van der Waals surface area contributed by atoms with Crippen LogP contribution in [-0.4, -0.2) is 31.3 Å². The summed E-state index contributed by atoms with van der Waals surface area (Å²) in [6.45, 7) is 6.47. The van der Waals surface area contributed by atoms with Gasteiger partial charge in [-0.3, -0.25) is 0 Å². The topological polar surface area (TPSA) is 43.4 Å². The summed E-state index contributed by atoms with van der Waals surface area (Å²) in [4.78, 5) is 4.43. The Morgan fingerprint density at radius 3 is 2.94 bits per heavy atom. The molecular formula is C13H22N2O2. The zero-order chi connectivity index (χ0) is 12.5. The minimum absolute atomic E-state index is 0.0198. The van der Waals surface area contributed by atoms with Gasteiger partial charge in [-0.25, -0.2) is 4.98 Å². The average Bonchev–Trinajstić information content (AvgIpc) is 2.30. The van der Waals surface area contributed by atoms with Crippen LogP contribution in [0.2, 0.25) is 0 Å². The highest BCUT2D eigenvalue weighted by Crippen LogP contribution is 2.09. The predicted octanol–water partition coefficient (Wildman–Crippen LogP) is 1.99. The van der Waals surface area contributed by atoms with Crippen molar-refractivity contribution < 1.29 is 9.47 Å². The van der Waals surface area contributed by atoms with Gasteiger partial charge in [0.05, 0.1) is 12.3 Å². The van der Waals surface area contributed by atoms with Crippen LogP contribution >= 0.6 is 0 Å². The van der Waals surface area contributed by atoms with Crippen molar-refractivity contribution in [2.45, 2.75) is 32.9 Å². The van der Waals surface area contributed by atoms with Crippen molar-refractivity contribution in [2.75, 3.05) is 20.3 Å². The fourth-order valence-electron chi connectivity index (χ4n) is 1.49. The molecule has 0 fully saturated rings. The third-order valence-electron chi connectivity index (χ3n) is 2.24. The first kappa shape index (κ1) is 13.9. The molecule has 1 rings (SSSR count). The van der Waals surface area contributed by atoms with Gasteiger partial charge in [0.15, 0.2) is 0 Å². The molecule has 1 unspecified atom stereocenters. The summed E-state index contributed by atoms with van der Waals surface area (Å²) in [5.41, 5.74) is 1.00. The lowest BCUT2D eigenvalue weighted by Crippen LogP contribution is -2.19. The van der Waals surface area contributed by atoms with Gasteiger partial charge in [-0.2, -0.15) is 0 Å². The number of pyridine rings is 1. The number of methoxy groups -OCH3 is 1. The zero-order valence-corrected chi connectivity index (χ0v) is 10.9. The largest absolute Gasteiger partial charge is 0.472 e. The highest BCUT2D eigenvalue weighted by atomic mass is 16.5. The molecule has 0 aliphatic heterocycles. The quantitative estimate of drug-likeness (QED) is 0.703. The maximum atomic E-state index is 5.64. The maximum absolute atomic E-state index is 5.64. The van der Waals surface area contributed by atoms with Crippen molar-refractivity contribution in [1.82, 2.24) is 10.3 Å². The maximum Gasteiger partial charge on any atom is 0.213 e. The normalized spacial score (nSPS) is 12.4. The fraction of sp³-hybridized carbons (Fsp3) is 0.615. The van der Waals surface area contributed by atoms with E-state index in [4.69, 9.17) is 9.47 Å². The lowest BCUT2D eigenvalue weighted by Gasteiger charge is -2.13. The molecular weight excluding hydrogens is 216 g/mol. The Morgan fingerprint density at radius 2 is 2.24 bits per heavy atom. The van der Waals surface area contributed by atoms with Gasteiger partial charge in [0.1, 0.15) is 6.10 Å². The van der Waals surface area contributed by atoms with Crippen LogP contribution in [0.4, 0.5) is 0 Å². The molecule has 17 heavy (non-hydrogen) atoms. The van der Waals surface area contributed by atoms with Crippen LogP contribution in [0, 0.1) is 0 Å². The van der Waals surface area contributed by atoms with Crippen LogP contribution < -0.4 is 10.1 Å². The first-order chi connectivity index (χ1) is 8.26.